The first-order valence-electron chi connectivity index (χ1n) is 6.54. The molecule has 1 unspecified atom stereocenters. The monoisotopic (exact) mass is 357 g/mol. The SMILES string of the molecule is CCCOc1ccc(Cl)cc1NC(C)c1ccc(Br)o1. The molecule has 0 bridgehead atoms. The first-order chi connectivity index (χ1) is 9.60. The van der Waals surface area contributed by atoms with Gasteiger partial charge in [0.25, 0.3) is 0 Å². The van der Waals surface area contributed by atoms with E-state index in [2.05, 4.69) is 28.2 Å². The summed E-state index contributed by atoms with van der Waals surface area (Å²) in [5, 5.41) is 4.04. The second-order valence-corrected chi connectivity index (χ2v) is 5.71. The lowest BCUT2D eigenvalue weighted by atomic mass is 10.2. The van der Waals surface area contributed by atoms with Crippen molar-refractivity contribution in [3.8, 4) is 5.75 Å². The first-order valence-corrected chi connectivity index (χ1v) is 7.71. The molecule has 20 heavy (non-hydrogen) atoms. The third-order valence-corrected chi connectivity index (χ3v) is 3.46. The van der Waals surface area contributed by atoms with E-state index in [0.29, 0.717) is 11.6 Å². The van der Waals surface area contributed by atoms with Gasteiger partial charge in [-0.2, -0.15) is 0 Å². The van der Waals surface area contributed by atoms with Crippen molar-refractivity contribution in [3.63, 3.8) is 0 Å². The van der Waals surface area contributed by atoms with E-state index < -0.39 is 0 Å². The van der Waals surface area contributed by atoms with Crippen molar-refractivity contribution in [3.05, 3.63) is 45.8 Å². The number of rotatable bonds is 6. The third kappa shape index (κ3) is 3.93. The molecule has 3 nitrogen and oxygen atoms in total. The van der Waals surface area contributed by atoms with Crippen molar-refractivity contribution in [1.82, 2.24) is 0 Å². The molecule has 0 spiro atoms. The Morgan fingerprint density at radius 1 is 1.35 bits per heavy atom. The van der Waals surface area contributed by atoms with Crippen molar-refractivity contribution in [1.29, 1.82) is 0 Å². The minimum absolute atomic E-state index is 0.0174. The van der Waals surface area contributed by atoms with Crippen LogP contribution in [0, 0.1) is 0 Å². The Hall–Kier alpha value is -1.13. The predicted octanol–water partition coefficient (Wildman–Crippen LogP) is 5.66. The molecule has 1 heterocycles. The van der Waals surface area contributed by atoms with Crippen LogP contribution in [0.3, 0.4) is 0 Å². The number of anilines is 1. The predicted molar refractivity (Wildman–Crippen MR) is 85.7 cm³/mol. The van der Waals surface area contributed by atoms with Gasteiger partial charge in [-0.15, -0.1) is 0 Å². The number of furan rings is 1. The van der Waals surface area contributed by atoms with Crippen LogP contribution in [0.5, 0.6) is 5.75 Å². The zero-order chi connectivity index (χ0) is 14.5. The molecule has 0 fully saturated rings. The Morgan fingerprint density at radius 3 is 2.80 bits per heavy atom. The maximum absolute atomic E-state index is 6.06. The van der Waals surface area contributed by atoms with Crippen molar-refractivity contribution in [2.75, 3.05) is 11.9 Å². The summed E-state index contributed by atoms with van der Waals surface area (Å²) >= 11 is 9.36. The highest BCUT2D eigenvalue weighted by Gasteiger charge is 2.13. The smallest absolute Gasteiger partial charge is 0.169 e. The third-order valence-electron chi connectivity index (χ3n) is 2.80. The molecule has 0 saturated carbocycles. The lowest BCUT2D eigenvalue weighted by molar-refractivity contribution is 0.318. The van der Waals surface area contributed by atoms with Crippen LogP contribution in [0.1, 0.15) is 32.1 Å². The zero-order valence-electron chi connectivity index (χ0n) is 11.5. The minimum atomic E-state index is 0.0174. The van der Waals surface area contributed by atoms with Crippen LogP contribution in [0.25, 0.3) is 0 Å². The van der Waals surface area contributed by atoms with Crippen LogP contribution >= 0.6 is 27.5 Å². The number of hydrogen-bond acceptors (Lipinski definition) is 3. The lowest BCUT2D eigenvalue weighted by Crippen LogP contribution is -2.07. The molecule has 0 aliphatic rings. The summed E-state index contributed by atoms with van der Waals surface area (Å²) in [7, 11) is 0. The van der Waals surface area contributed by atoms with E-state index in [4.69, 9.17) is 20.8 Å². The molecule has 0 saturated heterocycles. The average Bonchev–Trinajstić information content (AvgIpc) is 2.85. The normalized spacial score (nSPS) is 12.2. The summed E-state index contributed by atoms with van der Waals surface area (Å²) in [6, 6.07) is 9.39. The first kappa shape index (κ1) is 15.3. The second kappa shape index (κ2) is 7.04. The standard InChI is InChI=1S/C15H17BrClNO2/c1-3-8-19-14-5-4-11(17)9-12(14)18-10(2)13-6-7-15(16)20-13/h4-7,9-10,18H,3,8H2,1-2H3. The van der Waals surface area contributed by atoms with E-state index >= 15 is 0 Å². The summed E-state index contributed by atoms with van der Waals surface area (Å²) in [4.78, 5) is 0. The Balaban J connectivity index is 2.16. The van der Waals surface area contributed by atoms with E-state index in [1.807, 2.05) is 37.3 Å². The van der Waals surface area contributed by atoms with E-state index in [1.165, 1.54) is 0 Å². The van der Waals surface area contributed by atoms with Gasteiger partial charge in [0, 0.05) is 5.02 Å². The number of hydrogen-bond donors (Lipinski definition) is 1. The average molecular weight is 359 g/mol. The molecule has 2 rings (SSSR count). The quantitative estimate of drug-likeness (QED) is 0.723. The van der Waals surface area contributed by atoms with Gasteiger partial charge in [0.2, 0.25) is 0 Å². The van der Waals surface area contributed by atoms with E-state index in [0.717, 1.165) is 28.3 Å². The summed E-state index contributed by atoms with van der Waals surface area (Å²) in [6.45, 7) is 4.78. The number of halogens is 2. The van der Waals surface area contributed by atoms with Gasteiger partial charge < -0.3 is 14.5 Å². The summed E-state index contributed by atoms with van der Waals surface area (Å²) < 4.78 is 12.0. The second-order valence-electron chi connectivity index (χ2n) is 4.50. The molecule has 1 atom stereocenters. The highest BCUT2D eigenvalue weighted by atomic mass is 79.9. The number of ether oxygens (including phenoxy) is 1. The van der Waals surface area contributed by atoms with Crippen LogP contribution in [-0.2, 0) is 0 Å². The van der Waals surface area contributed by atoms with E-state index in [9.17, 15) is 0 Å². The molecule has 0 amide bonds. The van der Waals surface area contributed by atoms with Gasteiger partial charge in [0.05, 0.1) is 18.3 Å². The highest BCUT2D eigenvalue weighted by Crippen LogP contribution is 2.32. The van der Waals surface area contributed by atoms with Gasteiger partial charge in [-0.3, -0.25) is 0 Å². The van der Waals surface area contributed by atoms with Gasteiger partial charge in [0.1, 0.15) is 11.5 Å². The maximum Gasteiger partial charge on any atom is 0.169 e. The van der Waals surface area contributed by atoms with Crippen LogP contribution in [0.4, 0.5) is 5.69 Å². The Bertz CT molecular complexity index is 571. The highest BCUT2D eigenvalue weighted by molar-refractivity contribution is 9.10. The lowest BCUT2D eigenvalue weighted by Gasteiger charge is -2.17. The fourth-order valence-electron chi connectivity index (χ4n) is 1.82. The van der Waals surface area contributed by atoms with Crippen LogP contribution in [0.2, 0.25) is 5.02 Å². The van der Waals surface area contributed by atoms with E-state index in [1.54, 1.807) is 0 Å². The zero-order valence-corrected chi connectivity index (χ0v) is 13.8. The van der Waals surface area contributed by atoms with Crippen molar-refractivity contribution < 1.29 is 9.15 Å². The molecule has 2 aromatic rings. The molecule has 1 aromatic carbocycles. The van der Waals surface area contributed by atoms with Gasteiger partial charge in [0.15, 0.2) is 4.67 Å². The number of nitrogens with one attached hydrogen (secondary N) is 1. The summed E-state index contributed by atoms with van der Waals surface area (Å²) in [5.41, 5.74) is 0.867. The fourth-order valence-corrected chi connectivity index (χ4v) is 2.31. The number of benzene rings is 1. The Labute approximate surface area is 132 Å². The summed E-state index contributed by atoms with van der Waals surface area (Å²) in [5.74, 6) is 1.65. The minimum Gasteiger partial charge on any atom is -0.491 e. The van der Waals surface area contributed by atoms with Crippen molar-refractivity contribution in [2.24, 2.45) is 0 Å². The molecule has 1 aromatic heterocycles. The molecule has 108 valence electrons. The van der Waals surface area contributed by atoms with Crippen LogP contribution in [-0.4, -0.2) is 6.61 Å². The van der Waals surface area contributed by atoms with Crippen molar-refractivity contribution in [2.45, 2.75) is 26.3 Å². The Kier molecular flexibility index (Phi) is 5.38. The Morgan fingerprint density at radius 2 is 2.15 bits per heavy atom. The maximum atomic E-state index is 6.06. The van der Waals surface area contributed by atoms with Gasteiger partial charge in [-0.25, -0.2) is 0 Å². The molecule has 0 aliphatic carbocycles. The molecular weight excluding hydrogens is 342 g/mol. The topological polar surface area (TPSA) is 34.4 Å². The van der Waals surface area contributed by atoms with Gasteiger partial charge >= 0.3 is 0 Å². The molecule has 5 heteroatoms. The summed E-state index contributed by atoms with van der Waals surface area (Å²) in [6.07, 6.45) is 0.961. The molecule has 1 N–H and O–H groups in total. The molecule has 0 aliphatic heterocycles. The fraction of sp³-hybridized carbons (Fsp3) is 0.333. The van der Waals surface area contributed by atoms with E-state index in [-0.39, 0.29) is 6.04 Å². The van der Waals surface area contributed by atoms with Crippen molar-refractivity contribution >= 4 is 33.2 Å². The van der Waals surface area contributed by atoms with Crippen LogP contribution < -0.4 is 10.1 Å². The molecule has 0 radical (unpaired) electrons. The largest absolute Gasteiger partial charge is 0.491 e. The molecular formula is C15H17BrClNO2. The van der Waals surface area contributed by atoms with Crippen LogP contribution in [0.15, 0.2) is 39.4 Å². The van der Waals surface area contributed by atoms with Gasteiger partial charge in [-0.05, 0) is 59.6 Å². The van der Waals surface area contributed by atoms with Gasteiger partial charge in [-0.1, -0.05) is 18.5 Å².